The fourth-order valence-electron chi connectivity index (χ4n) is 0.511. The topological polar surface area (TPSA) is 60.7 Å². The van der Waals surface area contributed by atoms with Crippen LogP contribution in [0.5, 0.6) is 0 Å². The van der Waals surface area contributed by atoms with E-state index in [0.29, 0.717) is 5.75 Å². The molecule has 0 aliphatic carbocycles. The molecule has 0 aromatic rings. The summed E-state index contributed by atoms with van der Waals surface area (Å²) in [5.74, 6) is 1.64. The van der Waals surface area contributed by atoms with Crippen molar-refractivity contribution in [2.45, 2.75) is 13.0 Å². The molecule has 0 heterocycles. The minimum Gasteiger partial charge on any atom is -0.396 e. The Morgan fingerprint density at radius 1 is 1.18 bits per heavy atom. The molecule has 0 rings (SSSR count). The van der Waals surface area contributed by atoms with Gasteiger partial charge in [-0.25, -0.2) is 0 Å². The maximum atomic E-state index is 8.91. The van der Waals surface area contributed by atoms with E-state index in [2.05, 4.69) is 0 Å². The van der Waals surface area contributed by atoms with Crippen LogP contribution in [0.2, 0.25) is 0 Å². The van der Waals surface area contributed by atoms with Crippen LogP contribution in [-0.2, 0) is 0 Å². The second kappa shape index (κ2) is 6.91. The van der Waals surface area contributed by atoms with Crippen molar-refractivity contribution in [2.75, 3.05) is 24.7 Å². The van der Waals surface area contributed by atoms with Gasteiger partial charge < -0.3 is 15.3 Å². The predicted octanol–water partition coefficient (Wildman–Crippen LogP) is -0.299. The molecular weight excluding hydrogens is 164 g/mol. The number of rotatable bonds is 6. The van der Waals surface area contributed by atoms with Crippen LogP contribution in [0, 0.1) is 5.92 Å². The van der Waals surface area contributed by atoms with Crippen molar-refractivity contribution in [1.82, 2.24) is 0 Å². The first kappa shape index (κ1) is 11.2. The molecule has 0 spiro atoms. The zero-order valence-corrected chi connectivity index (χ0v) is 7.55. The summed E-state index contributed by atoms with van der Waals surface area (Å²) in [4.78, 5) is 0. The number of hydrogen-bond acceptors (Lipinski definition) is 4. The van der Waals surface area contributed by atoms with Gasteiger partial charge in [0.25, 0.3) is 0 Å². The minimum atomic E-state index is -0.620. The van der Waals surface area contributed by atoms with Gasteiger partial charge in [-0.2, -0.15) is 11.8 Å². The molecule has 0 amide bonds. The van der Waals surface area contributed by atoms with Crippen LogP contribution < -0.4 is 0 Å². The number of hydrogen-bond donors (Lipinski definition) is 3. The Labute approximate surface area is 71.4 Å². The van der Waals surface area contributed by atoms with E-state index in [1.807, 2.05) is 6.92 Å². The molecular formula is C7H16O3S. The zero-order chi connectivity index (χ0) is 8.69. The van der Waals surface area contributed by atoms with E-state index in [-0.39, 0.29) is 19.1 Å². The van der Waals surface area contributed by atoms with E-state index in [9.17, 15) is 0 Å². The highest BCUT2D eigenvalue weighted by Crippen LogP contribution is 2.08. The van der Waals surface area contributed by atoms with Crippen molar-refractivity contribution in [2.24, 2.45) is 5.92 Å². The molecule has 0 aliphatic heterocycles. The van der Waals surface area contributed by atoms with Crippen molar-refractivity contribution in [3.63, 3.8) is 0 Å². The van der Waals surface area contributed by atoms with Crippen LogP contribution >= 0.6 is 11.8 Å². The van der Waals surface area contributed by atoms with Gasteiger partial charge in [-0.15, -0.1) is 0 Å². The van der Waals surface area contributed by atoms with Gasteiger partial charge >= 0.3 is 0 Å². The van der Waals surface area contributed by atoms with Crippen LogP contribution in [0.15, 0.2) is 0 Å². The molecule has 0 aliphatic rings. The van der Waals surface area contributed by atoms with Gasteiger partial charge in [-0.05, 0) is 11.7 Å². The highest BCUT2D eigenvalue weighted by Gasteiger charge is 2.04. The molecule has 4 heteroatoms. The monoisotopic (exact) mass is 180 g/mol. The Bertz CT molecular complexity index is 79.8. The highest BCUT2D eigenvalue weighted by molar-refractivity contribution is 7.99. The Morgan fingerprint density at radius 2 is 1.82 bits per heavy atom. The third kappa shape index (κ3) is 6.62. The molecule has 68 valence electrons. The van der Waals surface area contributed by atoms with Crippen molar-refractivity contribution in [3.8, 4) is 0 Å². The Kier molecular flexibility index (Phi) is 7.06. The molecule has 0 saturated carbocycles. The van der Waals surface area contributed by atoms with Gasteiger partial charge in [0, 0.05) is 12.4 Å². The van der Waals surface area contributed by atoms with E-state index in [1.165, 1.54) is 0 Å². The van der Waals surface area contributed by atoms with Gasteiger partial charge in [0.15, 0.2) is 0 Å². The van der Waals surface area contributed by atoms with Crippen LogP contribution in [0.1, 0.15) is 6.92 Å². The maximum absolute atomic E-state index is 8.91. The maximum Gasteiger partial charge on any atom is 0.0861 e. The van der Waals surface area contributed by atoms with E-state index in [4.69, 9.17) is 15.3 Å². The molecule has 0 aromatic carbocycles. The molecule has 2 atom stereocenters. The zero-order valence-electron chi connectivity index (χ0n) is 6.73. The van der Waals surface area contributed by atoms with E-state index in [0.717, 1.165) is 5.75 Å². The van der Waals surface area contributed by atoms with Crippen LogP contribution in [0.4, 0.5) is 0 Å². The van der Waals surface area contributed by atoms with Gasteiger partial charge in [-0.1, -0.05) is 6.92 Å². The SMILES string of the molecule is CC(CO)CSCC(O)CO. The largest absolute Gasteiger partial charge is 0.396 e. The summed E-state index contributed by atoms with van der Waals surface area (Å²) in [5, 5.41) is 26.0. The summed E-state index contributed by atoms with van der Waals surface area (Å²) >= 11 is 1.55. The lowest BCUT2D eigenvalue weighted by Gasteiger charge is -2.09. The lowest BCUT2D eigenvalue weighted by Crippen LogP contribution is -2.16. The van der Waals surface area contributed by atoms with Crippen molar-refractivity contribution < 1.29 is 15.3 Å². The standard InChI is InChI=1S/C7H16O3S/c1-6(2-8)4-11-5-7(10)3-9/h6-10H,2-5H2,1H3. The molecule has 3 N–H and O–H groups in total. The summed E-state index contributed by atoms with van der Waals surface area (Å²) in [7, 11) is 0. The molecule has 0 bridgehead atoms. The molecule has 0 radical (unpaired) electrons. The number of thioether (sulfide) groups is 1. The van der Waals surface area contributed by atoms with Crippen LogP contribution in [0.3, 0.4) is 0 Å². The molecule has 0 saturated heterocycles. The normalized spacial score (nSPS) is 16.4. The fourth-order valence-corrected chi connectivity index (χ4v) is 1.53. The van der Waals surface area contributed by atoms with Crippen LogP contribution in [0.25, 0.3) is 0 Å². The lowest BCUT2D eigenvalue weighted by atomic mass is 10.2. The summed E-state index contributed by atoms with van der Waals surface area (Å²) in [6.45, 7) is 1.95. The molecule has 2 unspecified atom stereocenters. The van der Waals surface area contributed by atoms with E-state index in [1.54, 1.807) is 11.8 Å². The van der Waals surface area contributed by atoms with Gasteiger partial charge in [0.1, 0.15) is 0 Å². The summed E-state index contributed by atoms with van der Waals surface area (Å²) < 4.78 is 0. The highest BCUT2D eigenvalue weighted by atomic mass is 32.2. The van der Waals surface area contributed by atoms with Crippen molar-refractivity contribution >= 4 is 11.8 Å². The smallest absolute Gasteiger partial charge is 0.0861 e. The first-order valence-corrected chi connectivity index (χ1v) is 4.83. The Balaban J connectivity index is 3.13. The fraction of sp³-hybridized carbons (Fsp3) is 1.00. The molecule has 0 aromatic heterocycles. The lowest BCUT2D eigenvalue weighted by molar-refractivity contribution is 0.113. The molecule has 11 heavy (non-hydrogen) atoms. The number of aliphatic hydroxyl groups excluding tert-OH is 3. The van der Waals surface area contributed by atoms with Gasteiger partial charge in [-0.3, -0.25) is 0 Å². The summed E-state index contributed by atoms with van der Waals surface area (Å²) in [6, 6.07) is 0. The minimum absolute atomic E-state index is 0.180. The average molecular weight is 180 g/mol. The van der Waals surface area contributed by atoms with Gasteiger partial charge in [0.2, 0.25) is 0 Å². The third-order valence-corrected chi connectivity index (χ3v) is 2.66. The second-order valence-electron chi connectivity index (χ2n) is 2.66. The van der Waals surface area contributed by atoms with E-state index >= 15 is 0 Å². The first-order chi connectivity index (χ1) is 5.20. The quantitative estimate of drug-likeness (QED) is 0.525. The summed E-state index contributed by atoms with van der Waals surface area (Å²) in [5.41, 5.74) is 0. The van der Waals surface area contributed by atoms with Crippen LogP contribution in [-0.4, -0.2) is 46.1 Å². The van der Waals surface area contributed by atoms with E-state index < -0.39 is 6.10 Å². The molecule has 3 nitrogen and oxygen atoms in total. The third-order valence-electron chi connectivity index (χ3n) is 1.24. The number of aliphatic hydroxyl groups is 3. The predicted molar refractivity (Wildman–Crippen MR) is 46.7 cm³/mol. The second-order valence-corrected chi connectivity index (χ2v) is 3.74. The first-order valence-electron chi connectivity index (χ1n) is 3.68. The Hall–Kier alpha value is 0.230. The van der Waals surface area contributed by atoms with Gasteiger partial charge in [0.05, 0.1) is 12.7 Å². The summed E-state index contributed by atoms with van der Waals surface area (Å²) in [6.07, 6.45) is -0.620. The average Bonchev–Trinajstić information content (AvgIpc) is 2.04. The van der Waals surface area contributed by atoms with Crippen molar-refractivity contribution in [1.29, 1.82) is 0 Å². The Morgan fingerprint density at radius 3 is 2.27 bits per heavy atom. The molecule has 0 fully saturated rings. The van der Waals surface area contributed by atoms with Crippen molar-refractivity contribution in [3.05, 3.63) is 0 Å².